The van der Waals surface area contributed by atoms with Crippen LogP contribution in [0.3, 0.4) is 0 Å². The summed E-state index contributed by atoms with van der Waals surface area (Å²) in [5.41, 5.74) is 0.989. The van der Waals surface area contributed by atoms with E-state index >= 15 is 0 Å². The maximum Gasteiger partial charge on any atom is 0.223 e. The van der Waals surface area contributed by atoms with E-state index < -0.39 is 10.0 Å². The number of carbonyl (C=O) groups is 1. The molecule has 2 rings (SSSR count). The van der Waals surface area contributed by atoms with Gasteiger partial charge in [-0.1, -0.05) is 23.7 Å². The van der Waals surface area contributed by atoms with E-state index in [0.717, 1.165) is 18.4 Å². The largest absolute Gasteiger partial charge is 0.355 e. The molecule has 5 nitrogen and oxygen atoms in total. The second-order valence-electron chi connectivity index (χ2n) is 5.61. The quantitative estimate of drug-likeness (QED) is 0.780. The zero-order valence-corrected chi connectivity index (χ0v) is 14.2. The molecule has 1 N–H and O–H groups in total. The van der Waals surface area contributed by atoms with Gasteiger partial charge in [-0.2, -0.15) is 0 Å². The molecule has 0 bridgehead atoms. The van der Waals surface area contributed by atoms with Gasteiger partial charge in [0.2, 0.25) is 15.9 Å². The van der Waals surface area contributed by atoms with Crippen LogP contribution in [-0.2, 0) is 21.2 Å². The highest BCUT2D eigenvalue weighted by Gasteiger charge is 2.29. The van der Waals surface area contributed by atoms with Gasteiger partial charge in [0, 0.05) is 30.6 Å². The van der Waals surface area contributed by atoms with Crippen LogP contribution in [-0.4, -0.2) is 44.5 Å². The second kappa shape index (κ2) is 7.44. The van der Waals surface area contributed by atoms with E-state index in [9.17, 15) is 13.2 Å². The first-order valence-corrected chi connectivity index (χ1v) is 9.56. The molecular formula is C15H21ClN2O3S. The lowest BCUT2D eigenvalue weighted by Crippen LogP contribution is -2.39. The fourth-order valence-electron chi connectivity index (χ4n) is 2.18. The SMILES string of the molecule is CS(=O)(=O)N(CCNC(=O)C1CC1)CCc1cccc(Cl)c1. The summed E-state index contributed by atoms with van der Waals surface area (Å²) in [7, 11) is -3.30. The predicted molar refractivity (Wildman–Crippen MR) is 87.3 cm³/mol. The standard InChI is InChI=1S/C15H21ClN2O3S/c1-22(20,21)18(10-8-17-15(19)13-5-6-13)9-7-12-3-2-4-14(16)11-12/h2-4,11,13H,5-10H2,1H3,(H,17,19). The van der Waals surface area contributed by atoms with E-state index in [1.165, 1.54) is 10.6 Å². The molecule has 0 spiro atoms. The molecule has 1 saturated carbocycles. The molecule has 1 aromatic rings. The number of sulfonamides is 1. The Labute approximate surface area is 136 Å². The Morgan fingerprint density at radius 3 is 2.68 bits per heavy atom. The number of benzene rings is 1. The van der Waals surface area contributed by atoms with Crippen LogP contribution in [0.1, 0.15) is 18.4 Å². The average Bonchev–Trinajstić information content (AvgIpc) is 3.25. The molecule has 0 unspecified atom stereocenters. The summed E-state index contributed by atoms with van der Waals surface area (Å²) in [5, 5.41) is 3.43. The van der Waals surface area contributed by atoms with Crippen molar-refractivity contribution in [3.8, 4) is 0 Å². The number of rotatable bonds is 8. The summed E-state index contributed by atoms with van der Waals surface area (Å²) in [5.74, 6) is 0.168. The monoisotopic (exact) mass is 344 g/mol. The van der Waals surface area contributed by atoms with Gasteiger partial charge in [-0.25, -0.2) is 12.7 Å². The van der Waals surface area contributed by atoms with Crippen LogP contribution in [0.4, 0.5) is 0 Å². The van der Waals surface area contributed by atoms with Crippen molar-refractivity contribution in [2.45, 2.75) is 19.3 Å². The molecule has 0 saturated heterocycles. The number of nitrogens with zero attached hydrogens (tertiary/aromatic N) is 1. The normalized spacial score (nSPS) is 15.0. The van der Waals surface area contributed by atoms with Crippen molar-refractivity contribution in [3.05, 3.63) is 34.9 Å². The minimum absolute atomic E-state index is 0.0308. The number of carbonyl (C=O) groups excluding carboxylic acids is 1. The summed E-state index contributed by atoms with van der Waals surface area (Å²) in [6, 6.07) is 7.38. The van der Waals surface area contributed by atoms with Gasteiger partial charge in [0.15, 0.2) is 0 Å². The molecule has 0 atom stereocenters. The Hall–Kier alpha value is -1.11. The van der Waals surface area contributed by atoms with Gasteiger partial charge in [0.05, 0.1) is 6.26 Å². The minimum Gasteiger partial charge on any atom is -0.355 e. The first-order valence-electron chi connectivity index (χ1n) is 7.33. The molecule has 22 heavy (non-hydrogen) atoms. The van der Waals surface area contributed by atoms with Gasteiger partial charge in [0.25, 0.3) is 0 Å². The highest BCUT2D eigenvalue weighted by molar-refractivity contribution is 7.88. The van der Waals surface area contributed by atoms with E-state index in [0.29, 0.717) is 24.5 Å². The molecule has 1 aromatic carbocycles. The van der Waals surface area contributed by atoms with E-state index in [-0.39, 0.29) is 18.4 Å². The van der Waals surface area contributed by atoms with Crippen LogP contribution in [0.15, 0.2) is 24.3 Å². The Kier molecular flexibility index (Phi) is 5.83. The van der Waals surface area contributed by atoms with Crippen molar-refractivity contribution < 1.29 is 13.2 Å². The summed E-state index contributed by atoms with van der Waals surface area (Å²) in [4.78, 5) is 11.6. The topological polar surface area (TPSA) is 66.5 Å². The summed E-state index contributed by atoms with van der Waals surface area (Å²) in [6.45, 7) is 1.01. The van der Waals surface area contributed by atoms with Crippen LogP contribution >= 0.6 is 11.6 Å². The molecule has 0 heterocycles. The Morgan fingerprint density at radius 1 is 1.36 bits per heavy atom. The van der Waals surface area contributed by atoms with Crippen molar-refractivity contribution in [2.24, 2.45) is 5.92 Å². The van der Waals surface area contributed by atoms with Crippen molar-refractivity contribution in [3.63, 3.8) is 0 Å². The van der Waals surface area contributed by atoms with Gasteiger partial charge < -0.3 is 5.32 Å². The van der Waals surface area contributed by atoms with E-state index in [2.05, 4.69) is 5.32 Å². The molecule has 0 radical (unpaired) electrons. The summed E-state index contributed by atoms with van der Waals surface area (Å²) in [6.07, 6.45) is 3.66. The molecular weight excluding hydrogens is 324 g/mol. The van der Waals surface area contributed by atoms with Gasteiger partial charge in [0.1, 0.15) is 0 Å². The Balaban J connectivity index is 1.84. The third-order valence-electron chi connectivity index (χ3n) is 3.62. The fraction of sp³-hybridized carbons (Fsp3) is 0.533. The Morgan fingerprint density at radius 2 is 2.09 bits per heavy atom. The average molecular weight is 345 g/mol. The first-order chi connectivity index (χ1) is 10.4. The number of hydrogen-bond donors (Lipinski definition) is 1. The minimum atomic E-state index is -3.30. The van der Waals surface area contributed by atoms with Crippen LogP contribution < -0.4 is 5.32 Å². The number of nitrogens with one attached hydrogen (secondary N) is 1. The van der Waals surface area contributed by atoms with Crippen LogP contribution in [0.2, 0.25) is 5.02 Å². The predicted octanol–water partition coefficient (Wildman–Crippen LogP) is 1.67. The lowest BCUT2D eigenvalue weighted by molar-refractivity contribution is -0.122. The number of hydrogen-bond acceptors (Lipinski definition) is 3. The molecule has 0 aromatic heterocycles. The lowest BCUT2D eigenvalue weighted by atomic mass is 10.1. The van der Waals surface area contributed by atoms with Crippen LogP contribution in [0, 0.1) is 5.92 Å². The van der Waals surface area contributed by atoms with Crippen molar-refractivity contribution in [2.75, 3.05) is 25.9 Å². The van der Waals surface area contributed by atoms with Gasteiger partial charge in [-0.05, 0) is 37.0 Å². The molecule has 1 fully saturated rings. The van der Waals surface area contributed by atoms with Gasteiger partial charge in [-0.15, -0.1) is 0 Å². The summed E-state index contributed by atoms with van der Waals surface area (Å²) < 4.78 is 25.0. The smallest absolute Gasteiger partial charge is 0.223 e. The lowest BCUT2D eigenvalue weighted by Gasteiger charge is -2.20. The first kappa shape index (κ1) is 17.2. The van der Waals surface area contributed by atoms with Gasteiger partial charge >= 0.3 is 0 Å². The highest BCUT2D eigenvalue weighted by Crippen LogP contribution is 2.28. The molecule has 1 aliphatic carbocycles. The van der Waals surface area contributed by atoms with E-state index in [1.807, 2.05) is 18.2 Å². The zero-order valence-electron chi connectivity index (χ0n) is 12.6. The summed E-state index contributed by atoms with van der Waals surface area (Å²) >= 11 is 5.92. The van der Waals surface area contributed by atoms with Crippen LogP contribution in [0.5, 0.6) is 0 Å². The zero-order chi connectivity index (χ0) is 16.2. The molecule has 1 amide bonds. The molecule has 122 valence electrons. The second-order valence-corrected chi connectivity index (χ2v) is 8.03. The van der Waals surface area contributed by atoms with Gasteiger partial charge in [-0.3, -0.25) is 4.79 Å². The highest BCUT2D eigenvalue weighted by atomic mass is 35.5. The maximum absolute atomic E-state index is 11.8. The van der Waals surface area contributed by atoms with Crippen molar-refractivity contribution >= 4 is 27.5 Å². The third kappa shape index (κ3) is 5.59. The van der Waals surface area contributed by atoms with Crippen LogP contribution in [0.25, 0.3) is 0 Å². The maximum atomic E-state index is 11.8. The molecule has 7 heteroatoms. The molecule has 0 aliphatic heterocycles. The molecule has 1 aliphatic rings. The third-order valence-corrected chi connectivity index (χ3v) is 5.15. The van der Waals surface area contributed by atoms with Crippen molar-refractivity contribution in [1.29, 1.82) is 0 Å². The number of amides is 1. The van der Waals surface area contributed by atoms with Crippen molar-refractivity contribution in [1.82, 2.24) is 9.62 Å². The number of halogens is 1. The Bertz CT molecular complexity index is 629. The van der Waals surface area contributed by atoms with E-state index in [4.69, 9.17) is 11.6 Å². The van der Waals surface area contributed by atoms with E-state index in [1.54, 1.807) is 6.07 Å². The fourth-order valence-corrected chi connectivity index (χ4v) is 3.24.